The monoisotopic (exact) mass is 686 g/mol. The van der Waals surface area contributed by atoms with Gasteiger partial charge in [0.05, 0.1) is 6.04 Å². The highest BCUT2D eigenvalue weighted by atomic mass is 32.1. The van der Waals surface area contributed by atoms with Crippen molar-refractivity contribution in [1.29, 1.82) is 0 Å². The molecule has 264 valence electrons. The third kappa shape index (κ3) is 11.0. The number of hydrogen-bond donors (Lipinski definition) is 5. The second kappa shape index (κ2) is 17.9. The van der Waals surface area contributed by atoms with Crippen LogP contribution in [-0.2, 0) is 30.3 Å². The molecular weight excluding hydrogens is 636 g/mol. The zero-order valence-corrected chi connectivity index (χ0v) is 29.5. The lowest BCUT2D eigenvalue weighted by Crippen LogP contribution is -2.57. The van der Waals surface area contributed by atoms with E-state index in [1.807, 2.05) is 39.6 Å². The summed E-state index contributed by atoms with van der Waals surface area (Å²) in [6, 6.07) is 3.97. The van der Waals surface area contributed by atoms with Crippen LogP contribution in [0.5, 0.6) is 0 Å². The van der Waals surface area contributed by atoms with Crippen LogP contribution in [0.4, 0.5) is 5.69 Å². The average Bonchev–Trinajstić information content (AvgIpc) is 3.53. The fourth-order valence-corrected chi connectivity index (χ4v) is 6.46. The van der Waals surface area contributed by atoms with Crippen molar-refractivity contribution in [2.45, 2.75) is 103 Å². The summed E-state index contributed by atoms with van der Waals surface area (Å²) in [7, 11) is 1.92. The van der Waals surface area contributed by atoms with E-state index in [-0.39, 0.29) is 48.2 Å². The molecular formula is C34H50N6O7S. The molecule has 6 N–H and O–H groups in total. The fraction of sp³-hybridized carbons (Fsp3) is 0.588. The molecule has 0 spiro atoms. The number of aliphatic carboxylic acids is 1. The van der Waals surface area contributed by atoms with E-state index in [9.17, 15) is 29.1 Å². The Morgan fingerprint density at radius 2 is 1.77 bits per heavy atom. The second-order valence-corrected chi connectivity index (χ2v) is 13.8. The summed E-state index contributed by atoms with van der Waals surface area (Å²) >= 11 is 1.10. The number of likely N-dealkylation sites (N-methyl/N-ethyl adjacent to an activating group) is 1. The molecule has 0 saturated carbocycles. The number of rotatable bonds is 16. The number of piperidine rings is 1. The van der Waals surface area contributed by atoms with E-state index >= 15 is 0 Å². The third-order valence-electron chi connectivity index (χ3n) is 8.83. The van der Waals surface area contributed by atoms with Gasteiger partial charge in [-0.05, 0) is 56.0 Å². The Kier molecular flexibility index (Phi) is 14.3. The molecule has 1 aliphatic rings. The largest absolute Gasteiger partial charge is 0.480 e. The number of carboxylic acid groups (broad SMARTS) is 1. The van der Waals surface area contributed by atoms with E-state index in [0.29, 0.717) is 22.7 Å². The van der Waals surface area contributed by atoms with Crippen LogP contribution in [0.25, 0.3) is 0 Å². The number of nitrogen functional groups attached to an aromatic ring is 1. The van der Waals surface area contributed by atoms with Crippen LogP contribution in [-0.4, -0.2) is 82.4 Å². The maximum absolute atomic E-state index is 13.7. The van der Waals surface area contributed by atoms with Gasteiger partial charge in [0, 0.05) is 36.9 Å². The minimum Gasteiger partial charge on any atom is -0.480 e. The van der Waals surface area contributed by atoms with E-state index in [2.05, 4.69) is 20.9 Å². The summed E-state index contributed by atoms with van der Waals surface area (Å²) in [6.07, 6.45) is 2.72. The number of carboxylic acids is 1. The number of benzene rings is 1. The molecule has 14 heteroatoms. The highest BCUT2D eigenvalue weighted by molar-refractivity contribution is 7.09. The van der Waals surface area contributed by atoms with Crippen LogP contribution in [0.3, 0.4) is 0 Å². The van der Waals surface area contributed by atoms with Gasteiger partial charge in [0.15, 0.2) is 6.10 Å². The number of ether oxygens (including phenoxy) is 1. The molecule has 1 aromatic heterocycles. The van der Waals surface area contributed by atoms with Gasteiger partial charge < -0.3 is 31.5 Å². The maximum Gasteiger partial charge on any atom is 0.326 e. The number of amides is 3. The van der Waals surface area contributed by atoms with Crippen molar-refractivity contribution in [3.8, 4) is 0 Å². The van der Waals surface area contributed by atoms with Crippen molar-refractivity contribution in [2.75, 3.05) is 19.3 Å². The van der Waals surface area contributed by atoms with Gasteiger partial charge in [0.2, 0.25) is 11.8 Å². The molecule has 48 heavy (non-hydrogen) atoms. The van der Waals surface area contributed by atoms with Crippen molar-refractivity contribution in [3.63, 3.8) is 0 Å². The normalized spacial score (nSPS) is 18.2. The van der Waals surface area contributed by atoms with Crippen LogP contribution in [0.15, 0.2) is 29.6 Å². The maximum atomic E-state index is 13.7. The standard InChI is InChI=1S/C34H50N6O7S/c1-7-20(4)29(39-31(43)27-10-8-9-15-40(27)6)32(44)36-24(19(2)3)17-28(47-21(5)41)33-38-26(18-48-33)30(42)37-25(34(45)46)16-22-11-13-23(35)14-12-22/h11-14,18-20,24-25,27-29H,7-10,15-17,35H2,1-6H3,(H,36,44)(H,37,42)(H,39,43)(H,45,46)/t20-,24+,25-,27+,28+,29-/m0/s1. The van der Waals surface area contributed by atoms with Crippen molar-refractivity contribution in [1.82, 2.24) is 25.8 Å². The van der Waals surface area contributed by atoms with Crippen molar-refractivity contribution >= 4 is 46.7 Å². The zero-order chi connectivity index (χ0) is 35.5. The predicted molar refractivity (Wildman–Crippen MR) is 183 cm³/mol. The number of nitrogens with one attached hydrogen (secondary N) is 3. The number of likely N-dealkylation sites (tertiary alicyclic amines) is 1. The van der Waals surface area contributed by atoms with Gasteiger partial charge >= 0.3 is 11.9 Å². The second-order valence-electron chi connectivity index (χ2n) is 12.9. The molecule has 0 bridgehead atoms. The quantitative estimate of drug-likeness (QED) is 0.129. The van der Waals surface area contributed by atoms with E-state index in [4.69, 9.17) is 10.5 Å². The minimum atomic E-state index is -1.21. The first-order chi connectivity index (χ1) is 22.7. The smallest absolute Gasteiger partial charge is 0.326 e. The summed E-state index contributed by atoms with van der Waals surface area (Å²) < 4.78 is 5.63. The highest BCUT2D eigenvalue weighted by Gasteiger charge is 2.34. The van der Waals surface area contributed by atoms with Crippen molar-refractivity contribution in [3.05, 3.63) is 45.9 Å². The van der Waals surface area contributed by atoms with Crippen molar-refractivity contribution in [2.24, 2.45) is 11.8 Å². The first kappa shape index (κ1) is 38.4. The summed E-state index contributed by atoms with van der Waals surface area (Å²) in [6.45, 7) is 9.84. The molecule has 13 nitrogen and oxygen atoms in total. The number of esters is 1. The molecule has 0 unspecified atom stereocenters. The van der Waals surface area contributed by atoms with Crippen molar-refractivity contribution < 1.29 is 33.8 Å². The number of nitrogens with two attached hydrogens (primary N) is 1. The molecule has 1 aromatic carbocycles. The van der Waals surface area contributed by atoms with Crippen LogP contribution in [0.2, 0.25) is 0 Å². The Balaban J connectivity index is 1.74. The summed E-state index contributed by atoms with van der Waals surface area (Å²) in [5.74, 6) is -3.16. The van der Waals surface area contributed by atoms with Gasteiger partial charge in [-0.2, -0.15) is 0 Å². The van der Waals surface area contributed by atoms with Gasteiger partial charge in [0.1, 0.15) is 22.8 Å². The molecule has 1 saturated heterocycles. The Bertz CT molecular complexity index is 1410. The van der Waals surface area contributed by atoms with Crippen LogP contribution in [0.1, 0.15) is 93.9 Å². The molecule has 6 atom stereocenters. The Morgan fingerprint density at radius 3 is 2.35 bits per heavy atom. The first-order valence-corrected chi connectivity index (χ1v) is 17.4. The van der Waals surface area contributed by atoms with Gasteiger partial charge in [-0.25, -0.2) is 9.78 Å². The number of thiazole rings is 1. The number of aromatic nitrogens is 1. The number of anilines is 1. The predicted octanol–water partition coefficient (Wildman–Crippen LogP) is 3.30. The van der Waals surface area contributed by atoms with E-state index in [0.717, 1.165) is 37.1 Å². The van der Waals surface area contributed by atoms with Crippen LogP contribution >= 0.6 is 11.3 Å². The number of hydrogen-bond acceptors (Lipinski definition) is 10. The molecule has 1 aliphatic heterocycles. The Hall–Kier alpha value is -4.04. The minimum absolute atomic E-state index is 0.0203. The molecule has 0 radical (unpaired) electrons. The Morgan fingerprint density at radius 1 is 1.08 bits per heavy atom. The number of carbonyl (C=O) groups is 5. The third-order valence-corrected chi connectivity index (χ3v) is 9.76. The molecule has 0 aliphatic carbocycles. The average molecular weight is 687 g/mol. The topological polar surface area (TPSA) is 193 Å². The number of nitrogens with zero attached hydrogens (tertiary/aromatic N) is 2. The molecule has 1 fully saturated rings. The summed E-state index contributed by atoms with van der Waals surface area (Å²) in [4.78, 5) is 70.6. The summed E-state index contributed by atoms with van der Waals surface area (Å²) in [5.41, 5.74) is 6.92. The van der Waals surface area contributed by atoms with Gasteiger partial charge in [-0.1, -0.05) is 52.7 Å². The lowest BCUT2D eigenvalue weighted by atomic mass is 9.94. The van der Waals surface area contributed by atoms with E-state index < -0.39 is 42.1 Å². The SMILES string of the molecule is CC[C@H](C)[C@H](NC(=O)[C@H]1CCCCN1C)C(=O)N[C@H](C[C@@H](OC(C)=O)c1nc(C(=O)N[C@@H](Cc2ccc(N)cc2)C(=O)O)cs1)C(C)C. The highest BCUT2D eigenvalue weighted by Crippen LogP contribution is 2.29. The lowest BCUT2D eigenvalue weighted by Gasteiger charge is -2.34. The van der Waals surface area contributed by atoms with Crippen LogP contribution < -0.4 is 21.7 Å². The number of carbonyl (C=O) groups excluding carboxylic acids is 4. The van der Waals surface area contributed by atoms with Crippen LogP contribution in [0, 0.1) is 11.8 Å². The van der Waals surface area contributed by atoms with Gasteiger partial charge in [-0.3, -0.25) is 24.1 Å². The zero-order valence-electron chi connectivity index (χ0n) is 28.7. The lowest BCUT2D eigenvalue weighted by molar-refractivity contribution is -0.147. The Labute approximate surface area is 286 Å². The first-order valence-electron chi connectivity index (χ1n) is 16.5. The van der Waals surface area contributed by atoms with Gasteiger partial charge in [0.25, 0.3) is 5.91 Å². The molecule has 3 rings (SSSR count). The molecule has 3 amide bonds. The van der Waals surface area contributed by atoms with Gasteiger partial charge in [-0.15, -0.1) is 11.3 Å². The molecule has 2 aromatic rings. The fourth-order valence-electron chi connectivity index (χ4n) is 5.62. The van der Waals surface area contributed by atoms with E-state index in [1.165, 1.54) is 12.3 Å². The van der Waals surface area contributed by atoms with E-state index in [1.54, 1.807) is 24.3 Å². The summed E-state index contributed by atoms with van der Waals surface area (Å²) in [5, 5.41) is 20.2. The molecule has 2 heterocycles.